The lowest BCUT2D eigenvalue weighted by atomic mass is 9.96. The first-order valence-electron chi connectivity index (χ1n) is 4.45. The van der Waals surface area contributed by atoms with Gasteiger partial charge in [-0.2, -0.15) is 0 Å². The van der Waals surface area contributed by atoms with Gasteiger partial charge in [0.2, 0.25) is 10.0 Å². The van der Waals surface area contributed by atoms with Crippen molar-refractivity contribution in [3.05, 3.63) is 6.42 Å². The Morgan fingerprint density at radius 2 is 2.33 bits per heavy atom. The summed E-state index contributed by atoms with van der Waals surface area (Å²) in [6.07, 6.45) is 6.27. The summed E-state index contributed by atoms with van der Waals surface area (Å²) in [6.45, 7) is 1.66. The van der Waals surface area contributed by atoms with E-state index in [9.17, 15) is 8.42 Å². The fourth-order valence-electron chi connectivity index (χ4n) is 1.39. The highest BCUT2D eigenvalue weighted by Crippen LogP contribution is 2.16. The first-order valence-corrected chi connectivity index (χ1v) is 6.11. The SMILES string of the molecule is CCS(=O)(=O)NC1C[CH]CCC1. The van der Waals surface area contributed by atoms with Crippen LogP contribution in [0.25, 0.3) is 0 Å². The predicted octanol–water partition coefficient (Wildman–Crippen LogP) is 1.07. The molecular formula is C8H16NO2S. The molecule has 0 amide bonds. The molecule has 1 saturated carbocycles. The Balaban J connectivity index is 2.39. The van der Waals surface area contributed by atoms with E-state index in [4.69, 9.17) is 0 Å². The number of hydrogen-bond donors (Lipinski definition) is 1. The van der Waals surface area contributed by atoms with E-state index < -0.39 is 10.0 Å². The van der Waals surface area contributed by atoms with Crippen molar-refractivity contribution in [2.24, 2.45) is 0 Å². The molecule has 0 aromatic carbocycles. The summed E-state index contributed by atoms with van der Waals surface area (Å²) in [5.41, 5.74) is 0. The molecule has 1 aliphatic carbocycles. The molecule has 1 N–H and O–H groups in total. The van der Waals surface area contributed by atoms with Crippen molar-refractivity contribution in [2.75, 3.05) is 5.75 Å². The Morgan fingerprint density at radius 3 is 2.83 bits per heavy atom. The second-order valence-electron chi connectivity index (χ2n) is 3.17. The van der Waals surface area contributed by atoms with Crippen molar-refractivity contribution in [3.8, 4) is 0 Å². The summed E-state index contributed by atoms with van der Waals surface area (Å²) in [6, 6.07) is 0.156. The van der Waals surface area contributed by atoms with E-state index >= 15 is 0 Å². The number of hydrogen-bond acceptors (Lipinski definition) is 2. The number of rotatable bonds is 3. The van der Waals surface area contributed by atoms with Crippen LogP contribution in [-0.2, 0) is 10.0 Å². The average Bonchev–Trinajstić information content (AvgIpc) is 2.06. The molecule has 0 heterocycles. The van der Waals surface area contributed by atoms with E-state index in [-0.39, 0.29) is 11.8 Å². The third-order valence-electron chi connectivity index (χ3n) is 2.14. The van der Waals surface area contributed by atoms with Gasteiger partial charge in [0.1, 0.15) is 0 Å². The van der Waals surface area contributed by atoms with Gasteiger partial charge in [-0.3, -0.25) is 0 Å². The minimum atomic E-state index is -2.99. The third kappa shape index (κ3) is 3.11. The lowest BCUT2D eigenvalue weighted by Crippen LogP contribution is -2.37. The summed E-state index contributed by atoms with van der Waals surface area (Å²) in [4.78, 5) is 0. The van der Waals surface area contributed by atoms with Crippen LogP contribution in [0.2, 0.25) is 0 Å². The molecule has 0 aromatic heterocycles. The van der Waals surface area contributed by atoms with Crippen LogP contribution >= 0.6 is 0 Å². The van der Waals surface area contributed by atoms with Gasteiger partial charge >= 0.3 is 0 Å². The van der Waals surface area contributed by atoms with Crippen LogP contribution in [0.5, 0.6) is 0 Å². The maximum absolute atomic E-state index is 11.1. The van der Waals surface area contributed by atoms with Crippen LogP contribution in [0, 0.1) is 6.42 Å². The van der Waals surface area contributed by atoms with Gasteiger partial charge in [0, 0.05) is 6.04 Å². The largest absolute Gasteiger partial charge is 0.212 e. The van der Waals surface area contributed by atoms with E-state index in [1.54, 1.807) is 6.92 Å². The number of sulfonamides is 1. The Morgan fingerprint density at radius 1 is 1.58 bits per heavy atom. The van der Waals surface area contributed by atoms with Gasteiger partial charge in [-0.25, -0.2) is 13.1 Å². The second-order valence-corrected chi connectivity index (χ2v) is 5.22. The van der Waals surface area contributed by atoms with Crippen molar-refractivity contribution in [2.45, 2.75) is 38.6 Å². The minimum Gasteiger partial charge on any atom is -0.212 e. The fraction of sp³-hybridized carbons (Fsp3) is 0.875. The first-order chi connectivity index (χ1) is 5.64. The predicted molar refractivity (Wildman–Crippen MR) is 49.2 cm³/mol. The highest BCUT2D eigenvalue weighted by atomic mass is 32.2. The first kappa shape index (κ1) is 9.99. The average molecular weight is 190 g/mol. The Kier molecular flexibility index (Phi) is 3.53. The summed E-state index contributed by atoms with van der Waals surface area (Å²) in [5.74, 6) is 0.184. The zero-order valence-electron chi connectivity index (χ0n) is 7.41. The molecule has 1 unspecified atom stereocenters. The topological polar surface area (TPSA) is 46.2 Å². The maximum Gasteiger partial charge on any atom is 0.211 e. The van der Waals surface area contributed by atoms with Crippen LogP contribution in [-0.4, -0.2) is 20.2 Å². The molecule has 1 aliphatic rings. The fourth-order valence-corrected chi connectivity index (χ4v) is 2.28. The smallest absolute Gasteiger partial charge is 0.211 e. The Labute approximate surface area is 74.6 Å². The van der Waals surface area contributed by atoms with Gasteiger partial charge in [0.15, 0.2) is 0 Å². The lowest BCUT2D eigenvalue weighted by molar-refractivity contribution is 0.468. The van der Waals surface area contributed by atoms with Crippen LogP contribution in [0.15, 0.2) is 0 Å². The lowest BCUT2D eigenvalue weighted by Gasteiger charge is -2.21. The molecular weight excluding hydrogens is 174 g/mol. The van der Waals surface area contributed by atoms with E-state index in [1.807, 2.05) is 0 Å². The monoisotopic (exact) mass is 190 g/mol. The van der Waals surface area contributed by atoms with E-state index in [0.717, 1.165) is 25.7 Å². The van der Waals surface area contributed by atoms with Gasteiger partial charge in [-0.1, -0.05) is 12.8 Å². The standard InChI is InChI=1S/C8H16NO2S/c1-2-12(10,11)9-8-6-4-3-5-7-8/h4,8-9H,2-3,5-7H2,1H3. The zero-order valence-corrected chi connectivity index (χ0v) is 8.23. The third-order valence-corrected chi connectivity index (χ3v) is 3.59. The Hall–Kier alpha value is -0.0900. The van der Waals surface area contributed by atoms with Gasteiger partial charge in [0.25, 0.3) is 0 Å². The number of nitrogens with one attached hydrogen (secondary N) is 1. The Bertz CT molecular complexity index is 217. The highest BCUT2D eigenvalue weighted by Gasteiger charge is 2.18. The molecule has 1 rings (SSSR count). The van der Waals surface area contributed by atoms with Gasteiger partial charge in [-0.05, 0) is 26.2 Å². The van der Waals surface area contributed by atoms with Gasteiger partial charge < -0.3 is 0 Å². The summed E-state index contributed by atoms with van der Waals surface area (Å²) < 4.78 is 25.0. The van der Waals surface area contributed by atoms with Crippen molar-refractivity contribution in [3.63, 3.8) is 0 Å². The summed E-state index contributed by atoms with van der Waals surface area (Å²) in [5, 5.41) is 0. The molecule has 3 nitrogen and oxygen atoms in total. The van der Waals surface area contributed by atoms with Crippen molar-refractivity contribution in [1.29, 1.82) is 0 Å². The van der Waals surface area contributed by atoms with Crippen molar-refractivity contribution < 1.29 is 8.42 Å². The van der Waals surface area contributed by atoms with Crippen molar-refractivity contribution in [1.82, 2.24) is 4.72 Å². The van der Waals surface area contributed by atoms with Crippen LogP contribution < -0.4 is 4.72 Å². The van der Waals surface area contributed by atoms with Gasteiger partial charge in [-0.15, -0.1) is 0 Å². The highest BCUT2D eigenvalue weighted by molar-refractivity contribution is 7.89. The molecule has 4 heteroatoms. The van der Waals surface area contributed by atoms with Crippen molar-refractivity contribution >= 4 is 10.0 Å². The molecule has 0 aromatic rings. The molecule has 0 saturated heterocycles. The molecule has 1 radical (unpaired) electrons. The second kappa shape index (κ2) is 4.23. The molecule has 1 atom stereocenters. The molecule has 0 spiro atoms. The molecule has 12 heavy (non-hydrogen) atoms. The van der Waals surface area contributed by atoms with Crippen LogP contribution in [0.3, 0.4) is 0 Å². The molecule has 1 fully saturated rings. The van der Waals surface area contributed by atoms with E-state index in [0.29, 0.717) is 0 Å². The summed E-state index contributed by atoms with van der Waals surface area (Å²) in [7, 11) is -2.99. The molecule has 0 aliphatic heterocycles. The minimum absolute atomic E-state index is 0.156. The molecule has 0 bridgehead atoms. The van der Waals surface area contributed by atoms with E-state index in [1.165, 1.54) is 0 Å². The zero-order chi connectivity index (χ0) is 9.03. The quantitative estimate of drug-likeness (QED) is 0.723. The normalized spacial score (nSPS) is 21.1. The van der Waals surface area contributed by atoms with Crippen LogP contribution in [0.1, 0.15) is 32.6 Å². The van der Waals surface area contributed by atoms with E-state index in [2.05, 4.69) is 11.1 Å². The molecule has 71 valence electrons. The van der Waals surface area contributed by atoms with Crippen LogP contribution in [0.4, 0.5) is 0 Å². The maximum atomic E-state index is 11.1. The van der Waals surface area contributed by atoms with Gasteiger partial charge in [0.05, 0.1) is 5.75 Å². The summed E-state index contributed by atoms with van der Waals surface area (Å²) >= 11 is 0.